The molecule has 0 bridgehead atoms. The van der Waals surface area contributed by atoms with Gasteiger partial charge in [0.05, 0.1) is 0 Å². The minimum atomic E-state index is 0. The standard InChI is InChI=1S/C8H15N2O.Re/c1-6(2)10-8(11)7-3-4-9-5-7;/h6-7H,3-5H2,1-2H3,(H,10,11);/q-1;. The molecule has 1 N–H and O–H groups in total. The Balaban J connectivity index is 0.00000121. The molecule has 1 rings (SSSR count). The second-order valence-electron chi connectivity index (χ2n) is 3.28. The van der Waals surface area contributed by atoms with E-state index < -0.39 is 0 Å². The predicted molar refractivity (Wildman–Crippen MR) is 44.5 cm³/mol. The van der Waals surface area contributed by atoms with Crippen molar-refractivity contribution < 1.29 is 25.2 Å². The fourth-order valence-corrected chi connectivity index (χ4v) is 1.20. The molecular weight excluding hydrogens is 326 g/mol. The molecule has 1 fully saturated rings. The molecule has 0 saturated carbocycles. The fourth-order valence-electron chi connectivity index (χ4n) is 1.20. The SMILES string of the molecule is CC(C)NC(=O)C1CC[N-]C1.[Re]. The molecule has 0 aromatic carbocycles. The molecule has 0 spiro atoms. The van der Waals surface area contributed by atoms with E-state index >= 15 is 0 Å². The van der Waals surface area contributed by atoms with Crippen molar-refractivity contribution in [3.05, 3.63) is 5.32 Å². The molecule has 0 aromatic rings. The molecule has 4 heteroatoms. The van der Waals surface area contributed by atoms with E-state index in [1.54, 1.807) is 0 Å². The maximum atomic E-state index is 11.3. The van der Waals surface area contributed by atoms with Crippen LogP contribution in [0, 0.1) is 5.92 Å². The van der Waals surface area contributed by atoms with Gasteiger partial charge in [-0.05, 0) is 13.8 Å². The van der Waals surface area contributed by atoms with Gasteiger partial charge in [-0.3, -0.25) is 4.79 Å². The number of hydrogen-bond acceptors (Lipinski definition) is 1. The second kappa shape index (κ2) is 5.69. The zero-order valence-electron chi connectivity index (χ0n) is 7.51. The largest absolute Gasteiger partial charge is 0.662 e. The summed E-state index contributed by atoms with van der Waals surface area (Å²) in [6.07, 6.45) is 0.929. The molecule has 0 aliphatic carbocycles. The average Bonchev–Trinajstić information content (AvgIpc) is 2.35. The van der Waals surface area contributed by atoms with E-state index in [4.69, 9.17) is 0 Å². The number of rotatable bonds is 2. The van der Waals surface area contributed by atoms with Crippen LogP contribution in [0.3, 0.4) is 0 Å². The van der Waals surface area contributed by atoms with Crippen LogP contribution in [-0.2, 0) is 25.2 Å². The van der Waals surface area contributed by atoms with Crippen molar-refractivity contribution in [2.45, 2.75) is 26.3 Å². The summed E-state index contributed by atoms with van der Waals surface area (Å²) in [4.78, 5) is 11.3. The Kier molecular flexibility index (Phi) is 5.73. The smallest absolute Gasteiger partial charge is 0.221 e. The average molecular weight is 341 g/mol. The molecule has 1 aliphatic heterocycles. The van der Waals surface area contributed by atoms with Crippen molar-refractivity contribution >= 4 is 5.91 Å². The van der Waals surface area contributed by atoms with Crippen LogP contribution in [0.2, 0.25) is 0 Å². The summed E-state index contributed by atoms with van der Waals surface area (Å²) >= 11 is 0. The van der Waals surface area contributed by atoms with Crippen LogP contribution in [0.5, 0.6) is 0 Å². The van der Waals surface area contributed by atoms with Crippen LogP contribution in [0.15, 0.2) is 0 Å². The zero-order valence-corrected chi connectivity index (χ0v) is 10.2. The fraction of sp³-hybridized carbons (Fsp3) is 0.875. The zero-order chi connectivity index (χ0) is 8.27. The third-order valence-corrected chi connectivity index (χ3v) is 1.79. The summed E-state index contributed by atoms with van der Waals surface area (Å²) < 4.78 is 0. The second-order valence-corrected chi connectivity index (χ2v) is 3.28. The first kappa shape index (κ1) is 12.1. The molecule has 1 saturated heterocycles. The molecule has 1 unspecified atom stereocenters. The molecule has 12 heavy (non-hydrogen) atoms. The van der Waals surface area contributed by atoms with E-state index in [1.807, 2.05) is 13.8 Å². The Morgan fingerprint density at radius 1 is 1.58 bits per heavy atom. The Morgan fingerprint density at radius 3 is 2.67 bits per heavy atom. The van der Waals surface area contributed by atoms with Gasteiger partial charge in [0.25, 0.3) is 0 Å². The van der Waals surface area contributed by atoms with Crippen LogP contribution < -0.4 is 5.32 Å². The van der Waals surface area contributed by atoms with E-state index in [9.17, 15) is 4.79 Å². The quantitative estimate of drug-likeness (QED) is 0.797. The van der Waals surface area contributed by atoms with Gasteiger partial charge in [-0.2, -0.15) is 0 Å². The number of amides is 1. The van der Waals surface area contributed by atoms with Gasteiger partial charge in [-0.15, -0.1) is 13.1 Å². The van der Waals surface area contributed by atoms with Crippen LogP contribution in [0.4, 0.5) is 0 Å². The van der Waals surface area contributed by atoms with E-state index in [2.05, 4.69) is 10.6 Å². The normalized spacial score (nSPS) is 22.1. The minimum Gasteiger partial charge on any atom is -0.662 e. The summed E-state index contributed by atoms with van der Waals surface area (Å²) in [6, 6.07) is 0.253. The number of nitrogens with one attached hydrogen (secondary N) is 1. The van der Waals surface area contributed by atoms with Gasteiger partial charge in [-0.25, -0.2) is 0 Å². The molecule has 1 atom stereocenters. The van der Waals surface area contributed by atoms with Crippen molar-refractivity contribution in [2.24, 2.45) is 5.92 Å². The summed E-state index contributed by atoms with van der Waals surface area (Å²) in [5, 5.41) is 7.02. The van der Waals surface area contributed by atoms with Gasteiger partial charge in [-0.1, -0.05) is 6.42 Å². The topological polar surface area (TPSA) is 43.2 Å². The van der Waals surface area contributed by atoms with Gasteiger partial charge in [0.2, 0.25) is 5.91 Å². The first-order valence-corrected chi connectivity index (χ1v) is 4.14. The number of carbonyl (C=O) groups excluding carboxylic acids is 1. The van der Waals surface area contributed by atoms with Crippen LogP contribution in [0.25, 0.3) is 5.32 Å². The van der Waals surface area contributed by atoms with Crippen molar-refractivity contribution in [2.75, 3.05) is 13.1 Å². The van der Waals surface area contributed by atoms with Crippen molar-refractivity contribution in [3.63, 3.8) is 0 Å². The van der Waals surface area contributed by atoms with Gasteiger partial charge < -0.3 is 10.6 Å². The Morgan fingerprint density at radius 2 is 2.25 bits per heavy atom. The third-order valence-electron chi connectivity index (χ3n) is 1.79. The van der Waals surface area contributed by atoms with Crippen LogP contribution >= 0.6 is 0 Å². The van der Waals surface area contributed by atoms with Crippen LogP contribution in [-0.4, -0.2) is 25.0 Å². The van der Waals surface area contributed by atoms with E-state index in [0.29, 0.717) is 0 Å². The minimum absolute atomic E-state index is 0. The molecule has 1 aliphatic rings. The van der Waals surface area contributed by atoms with Gasteiger partial charge >= 0.3 is 0 Å². The van der Waals surface area contributed by atoms with Crippen LogP contribution in [0.1, 0.15) is 20.3 Å². The first-order valence-electron chi connectivity index (χ1n) is 4.14. The number of nitrogens with zero attached hydrogens (tertiary/aromatic N) is 1. The summed E-state index contributed by atoms with van der Waals surface area (Å²) in [5.74, 6) is 0.318. The Bertz CT molecular complexity index is 144. The van der Waals surface area contributed by atoms with E-state index in [0.717, 1.165) is 19.5 Å². The van der Waals surface area contributed by atoms with Crippen molar-refractivity contribution in [1.29, 1.82) is 0 Å². The van der Waals surface area contributed by atoms with E-state index in [1.165, 1.54) is 0 Å². The summed E-state index contributed by atoms with van der Waals surface area (Å²) in [7, 11) is 0. The Labute approximate surface area is 87.3 Å². The number of hydrogen-bond donors (Lipinski definition) is 1. The molecule has 3 nitrogen and oxygen atoms in total. The summed E-state index contributed by atoms with van der Waals surface area (Å²) in [5.41, 5.74) is 0. The number of carbonyl (C=O) groups is 1. The summed E-state index contributed by atoms with van der Waals surface area (Å²) in [6.45, 7) is 5.53. The Hall–Kier alpha value is 0.0923. The van der Waals surface area contributed by atoms with Gasteiger partial charge in [0.1, 0.15) is 0 Å². The molecule has 1 radical (unpaired) electrons. The maximum Gasteiger partial charge on any atom is 0.221 e. The van der Waals surface area contributed by atoms with Crippen molar-refractivity contribution in [3.8, 4) is 0 Å². The predicted octanol–water partition coefficient (Wildman–Crippen LogP) is 0.902. The molecular formula is C8H15N2ORe-. The third kappa shape index (κ3) is 3.66. The monoisotopic (exact) mass is 342 g/mol. The maximum absolute atomic E-state index is 11.3. The molecule has 1 amide bonds. The first-order chi connectivity index (χ1) is 5.20. The molecule has 71 valence electrons. The van der Waals surface area contributed by atoms with Gasteiger partial charge in [0, 0.05) is 32.4 Å². The van der Waals surface area contributed by atoms with Gasteiger partial charge in [0.15, 0.2) is 0 Å². The van der Waals surface area contributed by atoms with E-state index in [-0.39, 0.29) is 38.3 Å². The van der Waals surface area contributed by atoms with Crippen molar-refractivity contribution in [1.82, 2.24) is 5.32 Å². The molecule has 0 aromatic heterocycles. The molecule has 1 heterocycles.